The van der Waals surface area contributed by atoms with Crippen LogP contribution in [0, 0.1) is 5.92 Å². The number of nitrogens with zero attached hydrogens (tertiary/aromatic N) is 1. The Morgan fingerprint density at radius 3 is 2.50 bits per heavy atom. The fraction of sp³-hybridized carbons (Fsp3) is 1.00. The van der Waals surface area contributed by atoms with Gasteiger partial charge in [0.15, 0.2) is 0 Å². The molecule has 0 bridgehead atoms. The molecule has 0 heterocycles. The van der Waals surface area contributed by atoms with Gasteiger partial charge >= 0.3 is 0 Å². The molecule has 1 unspecified atom stereocenters. The van der Waals surface area contributed by atoms with Crippen LogP contribution in [0.4, 0.5) is 0 Å². The van der Waals surface area contributed by atoms with Crippen LogP contribution in [0.3, 0.4) is 0 Å². The van der Waals surface area contributed by atoms with E-state index in [2.05, 4.69) is 34.8 Å². The van der Waals surface area contributed by atoms with E-state index in [0.29, 0.717) is 0 Å². The SMILES string of the molecule is CC(CCBr)CCN(C)C1CCCC1. The first-order valence-electron chi connectivity index (χ1n) is 6.00. The summed E-state index contributed by atoms with van der Waals surface area (Å²) in [4.78, 5) is 2.58. The van der Waals surface area contributed by atoms with E-state index in [1.54, 1.807) is 0 Å². The minimum Gasteiger partial charge on any atom is -0.303 e. The highest BCUT2D eigenvalue weighted by molar-refractivity contribution is 9.09. The van der Waals surface area contributed by atoms with Crippen LogP contribution in [0.2, 0.25) is 0 Å². The van der Waals surface area contributed by atoms with Gasteiger partial charge in [-0.05, 0) is 45.2 Å². The molecule has 1 fully saturated rings. The molecule has 0 radical (unpaired) electrons. The molecule has 1 nitrogen and oxygen atoms in total. The van der Waals surface area contributed by atoms with E-state index in [0.717, 1.165) is 17.3 Å². The lowest BCUT2D eigenvalue weighted by molar-refractivity contribution is 0.229. The minimum atomic E-state index is 0.873. The van der Waals surface area contributed by atoms with Gasteiger partial charge in [-0.25, -0.2) is 0 Å². The van der Waals surface area contributed by atoms with Gasteiger partial charge in [0.1, 0.15) is 0 Å². The van der Waals surface area contributed by atoms with Gasteiger partial charge in [-0.2, -0.15) is 0 Å². The van der Waals surface area contributed by atoms with Gasteiger partial charge in [0.25, 0.3) is 0 Å². The lowest BCUT2D eigenvalue weighted by atomic mass is 10.0. The third-order valence-corrected chi connectivity index (χ3v) is 3.98. The highest BCUT2D eigenvalue weighted by Crippen LogP contribution is 2.23. The summed E-state index contributed by atoms with van der Waals surface area (Å²) in [5.74, 6) is 0.873. The van der Waals surface area contributed by atoms with Gasteiger partial charge in [-0.15, -0.1) is 0 Å². The summed E-state index contributed by atoms with van der Waals surface area (Å²) in [6.07, 6.45) is 8.45. The topological polar surface area (TPSA) is 3.24 Å². The molecule has 2 heteroatoms. The van der Waals surface area contributed by atoms with Gasteiger partial charge < -0.3 is 4.90 Å². The lowest BCUT2D eigenvalue weighted by Gasteiger charge is -2.25. The summed E-state index contributed by atoms with van der Waals surface area (Å²) in [7, 11) is 2.30. The zero-order valence-electron chi connectivity index (χ0n) is 9.64. The molecule has 0 aliphatic heterocycles. The Morgan fingerprint density at radius 1 is 1.29 bits per heavy atom. The maximum atomic E-state index is 3.51. The monoisotopic (exact) mass is 261 g/mol. The number of alkyl halides is 1. The third kappa shape index (κ3) is 4.31. The largest absolute Gasteiger partial charge is 0.303 e. The molecule has 0 aromatic carbocycles. The standard InChI is InChI=1S/C12H24BrN/c1-11(7-9-13)8-10-14(2)12-5-3-4-6-12/h11-12H,3-10H2,1-2H3. The average molecular weight is 262 g/mol. The molecule has 1 saturated carbocycles. The number of rotatable bonds is 6. The van der Waals surface area contributed by atoms with E-state index >= 15 is 0 Å². The van der Waals surface area contributed by atoms with Crippen LogP contribution < -0.4 is 0 Å². The van der Waals surface area contributed by atoms with Crippen molar-refractivity contribution in [1.82, 2.24) is 4.90 Å². The Labute approximate surface area is 97.4 Å². The molecule has 1 rings (SSSR count). The molecule has 0 spiro atoms. The van der Waals surface area contributed by atoms with E-state index in [9.17, 15) is 0 Å². The molecule has 1 aliphatic rings. The average Bonchev–Trinajstić information content (AvgIpc) is 2.67. The van der Waals surface area contributed by atoms with E-state index in [1.807, 2.05) is 0 Å². The fourth-order valence-corrected chi connectivity index (χ4v) is 3.06. The van der Waals surface area contributed by atoms with Gasteiger partial charge in [-0.3, -0.25) is 0 Å². The minimum absolute atomic E-state index is 0.873. The predicted octanol–water partition coefficient (Wildman–Crippen LogP) is 3.67. The van der Waals surface area contributed by atoms with Crippen LogP contribution >= 0.6 is 15.9 Å². The summed E-state index contributed by atoms with van der Waals surface area (Å²) in [5.41, 5.74) is 0. The summed E-state index contributed by atoms with van der Waals surface area (Å²) >= 11 is 3.51. The van der Waals surface area contributed by atoms with Crippen LogP contribution in [0.25, 0.3) is 0 Å². The molecule has 1 atom stereocenters. The molecule has 0 aromatic rings. The zero-order chi connectivity index (χ0) is 10.4. The van der Waals surface area contributed by atoms with Gasteiger partial charge in [0, 0.05) is 11.4 Å². The first kappa shape index (κ1) is 12.5. The van der Waals surface area contributed by atoms with Crippen LogP contribution in [-0.2, 0) is 0 Å². The van der Waals surface area contributed by atoms with E-state index in [1.165, 1.54) is 45.1 Å². The molecular weight excluding hydrogens is 238 g/mol. The summed E-state index contributed by atoms with van der Waals surface area (Å²) in [5, 5.41) is 1.15. The van der Waals surface area contributed by atoms with Crippen LogP contribution in [-0.4, -0.2) is 29.9 Å². The molecular formula is C12H24BrN. The maximum absolute atomic E-state index is 3.51. The van der Waals surface area contributed by atoms with Crippen molar-refractivity contribution in [2.24, 2.45) is 5.92 Å². The second-order valence-corrected chi connectivity index (χ2v) is 5.58. The first-order valence-corrected chi connectivity index (χ1v) is 7.12. The van der Waals surface area contributed by atoms with Crippen molar-refractivity contribution in [2.45, 2.75) is 51.5 Å². The Hall–Kier alpha value is 0.440. The second kappa shape index (κ2) is 6.84. The van der Waals surface area contributed by atoms with Crippen molar-refractivity contribution in [1.29, 1.82) is 0 Å². The zero-order valence-corrected chi connectivity index (χ0v) is 11.2. The third-order valence-electron chi connectivity index (χ3n) is 3.52. The van der Waals surface area contributed by atoms with E-state index < -0.39 is 0 Å². The van der Waals surface area contributed by atoms with Crippen molar-refractivity contribution in [3.05, 3.63) is 0 Å². The quantitative estimate of drug-likeness (QED) is 0.660. The Morgan fingerprint density at radius 2 is 1.93 bits per heavy atom. The van der Waals surface area contributed by atoms with Gasteiger partial charge in [0.05, 0.1) is 0 Å². The molecule has 0 N–H and O–H groups in total. The maximum Gasteiger partial charge on any atom is 0.00922 e. The number of halogens is 1. The molecule has 0 amide bonds. The van der Waals surface area contributed by atoms with Crippen LogP contribution in [0.5, 0.6) is 0 Å². The molecule has 0 saturated heterocycles. The van der Waals surface area contributed by atoms with E-state index in [4.69, 9.17) is 0 Å². The van der Waals surface area contributed by atoms with Gasteiger partial charge in [0.2, 0.25) is 0 Å². The van der Waals surface area contributed by atoms with Crippen molar-refractivity contribution in [3.8, 4) is 0 Å². The van der Waals surface area contributed by atoms with Crippen molar-refractivity contribution in [2.75, 3.05) is 18.9 Å². The number of hydrogen-bond acceptors (Lipinski definition) is 1. The van der Waals surface area contributed by atoms with Crippen molar-refractivity contribution >= 4 is 15.9 Å². The molecule has 14 heavy (non-hydrogen) atoms. The van der Waals surface area contributed by atoms with Gasteiger partial charge in [-0.1, -0.05) is 35.7 Å². The van der Waals surface area contributed by atoms with E-state index in [-0.39, 0.29) is 0 Å². The highest BCUT2D eigenvalue weighted by Gasteiger charge is 2.19. The predicted molar refractivity (Wildman–Crippen MR) is 67.1 cm³/mol. The van der Waals surface area contributed by atoms with Crippen molar-refractivity contribution in [3.63, 3.8) is 0 Å². The van der Waals surface area contributed by atoms with Crippen LogP contribution in [0.1, 0.15) is 45.4 Å². The normalized spacial score (nSPS) is 20.6. The Kier molecular flexibility index (Phi) is 6.11. The smallest absolute Gasteiger partial charge is 0.00922 e. The lowest BCUT2D eigenvalue weighted by Crippen LogP contribution is -2.30. The molecule has 0 aromatic heterocycles. The molecule has 1 aliphatic carbocycles. The summed E-state index contributed by atoms with van der Waals surface area (Å²) < 4.78 is 0. The Bertz CT molecular complexity index is 143. The summed E-state index contributed by atoms with van der Waals surface area (Å²) in [6.45, 7) is 3.66. The van der Waals surface area contributed by atoms with Crippen LogP contribution in [0.15, 0.2) is 0 Å². The van der Waals surface area contributed by atoms with Crippen molar-refractivity contribution < 1.29 is 0 Å². The second-order valence-electron chi connectivity index (χ2n) is 4.79. The Balaban J connectivity index is 2.10. The fourth-order valence-electron chi connectivity index (χ4n) is 2.28. The first-order chi connectivity index (χ1) is 6.74. The molecule has 84 valence electrons. The highest BCUT2D eigenvalue weighted by atomic mass is 79.9. The summed E-state index contributed by atoms with van der Waals surface area (Å²) in [6, 6.07) is 0.895. The number of hydrogen-bond donors (Lipinski definition) is 0.